The van der Waals surface area contributed by atoms with Gasteiger partial charge >= 0.3 is 0 Å². The van der Waals surface area contributed by atoms with Crippen LogP contribution in [0.3, 0.4) is 0 Å². The normalized spacial score (nSPS) is 18.3. The Balaban J connectivity index is 1.96. The molecule has 30 heavy (non-hydrogen) atoms. The van der Waals surface area contributed by atoms with E-state index in [9.17, 15) is 14.7 Å². The van der Waals surface area contributed by atoms with Gasteiger partial charge in [-0.1, -0.05) is 24.3 Å². The number of aliphatic hydroxyl groups excluding tert-OH is 1. The number of carbonyl (C=O) groups is 2. The maximum Gasteiger partial charge on any atom is 0.300 e. The van der Waals surface area contributed by atoms with Crippen LogP contribution in [0, 0.1) is 27.7 Å². The molecule has 0 bridgehead atoms. The van der Waals surface area contributed by atoms with Crippen molar-refractivity contribution in [1.82, 2.24) is 0 Å². The minimum absolute atomic E-state index is 0.0270. The van der Waals surface area contributed by atoms with Crippen molar-refractivity contribution in [2.24, 2.45) is 0 Å². The minimum Gasteiger partial charge on any atom is -0.507 e. The molecule has 1 unspecified atom stereocenters. The molecule has 5 nitrogen and oxygen atoms in total. The Bertz CT molecular complexity index is 1190. The molecule has 1 N–H and O–H groups in total. The third-order valence-corrected chi connectivity index (χ3v) is 5.87. The molecule has 2 aromatic carbocycles. The number of hydrogen-bond acceptors (Lipinski definition) is 4. The number of Topliss-reactive ketones (excluding diaryl/α,β-unsaturated/α-hetero) is 1. The van der Waals surface area contributed by atoms with Crippen LogP contribution >= 0.6 is 0 Å². The maximum absolute atomic E-state index is 13.1. The third kappa shape index (κ3) is 3.03. The summed E-state index contributed by atoms with van der Waals surface area (Å²) in [6.45, 7) is 7.77. The van der Waals surface area contributed by atoms with E-state index >= 15 is 0 Å². The summed E-state index contributed by atoms with van der Waals surface area (Å²) >= 11 is 0. The summed E-state index contributed by atoms with van der Waals surface area (Å²) < 4.78 is 5.60. The average molecular weight is 401 g/mol. The van der Waals surface area contributed by atoms with E-state index in [-0.39, 0.29) is 11.3 Å². The van der Waals surface area contributed by atoms with Crippen LogP contribution in [0.25, 0.3) is 5.76 Å². The number of carbonyl (C=O) groups excluding carboxylic acids is 2. The van der Waals surface area contributed by atoms with Crippen LogP contribution in [0.15, 0.2) is 64.8 Å². The second-order valence-corrected chi connectivity index (χ2v) is 7.70. The molecule has 1 aliphatic heterocycles. The lowest BCUT2D eigenvalue weighted by Crippen LogP contribution is -2.30. The predicted molar refractivity (Wildman–Crippen MR) is 115 cm³/mol. The van der Waals surface area contributed by atoms with Crippen molar-refractivity contribution in [3.8, 4) is 0 Å². The minimum atomic E-state index is -0.845. The van der Waals surface area contributed by atoms with E-state index in [0.29, 0.717) is 17.0 Å². The standard InChI is InChI=1S/C25H23NO4/c1-14-10-11-18(13-16(14)3)23(27)21-22(20-9-6-12-30-20)26(25(29)24(21)28)19-8-5-7-15(2)17(19)4/h5-13,22,27H,1-4H3/b23-21-. The molecule has 0 saturated carbocycles. The predicted octanol–water partition coefficient (Wildman–Crippen LogP) is 5.14. The molecule has 4 rings (SSSR count). The van der Waals surface area contributed by atoms with Gasteiger partial charge in [-0.2, -0.15) is 0 Å². The highest BCUT2D eigenvalue weighted by Gasteiger charge is 2.48. The van der Waals surface area contributed by atoms with Crippen LogP contribution in [0.1, 0.15) is 39.6 Å². The number of hydrogen-bond donors (Lipinski definition) is 1. The monoisotopic (exact) mass is 401 g/mol. The average Bonchev–Trinajstić information content (AvgIpc) is 3.33. The molecule has 1 atom stereocenters. The maximum atomic E-state index is 13.1. The first-order chi connectivity index (χ1) is 14.3. The molecular weight excluding hydrogens is 378 g/mol. The summed E-state index contributed by atoms with van der Waals surface area (Å²) in [6, 6.07) is 13.6. The lowest BCUT2D eigenvalue weighted by atomic mass is 9.97. The van der Waals surface area contributed by atoms with Gasteiger partial charge in [0.05, 0.1) is 11.8 Å². The number of benzene rings is 2. The van der Waals surface area contributed by atoms with Gasteiger partial charge in [0.15, 0.2) is 0 Å². The summed E-state index contributed by atoms with van der Waals surface area (Å²) in [5.74, 6) is -1.20. The van der Waals surface area contributed by atoms with Crippen molar-refractivity contribution in [1.29, 1.82) is 0 Å². The van der Waals surface area contributed by atoms with Crippen LogP contribution in [0.2, 0.25) is 0 Å². The van der Waals surface area contributed by atoms with Crippen LogP contribution in [0.4, 0.5) is 5.69 Å². The number of amides is 1. The van der Waals surface area contributed by atoms with Gasteiger partial charge in [0.1, 0.15) is 17.6 Å². The smallest absolute Gasteiger partial charge is 0.300 e. The topological polar surface area (TPSA) is 70.8 Å². The number of ketones is 1. The molecule has 2 heterocycles. The zero-order chi connectivity index (χ0) is 21.6. The first-order valence-corrected chi connectivity index (χ1v) is 9.79. The fourth-order valence-corrected chi connectivity index (χ4v) is 3.84. The van der Waals surface area contributed by atoms with Gasteiger partial charge in [-0.05, 0) is 74.2 Å². The molecule has 1 aliphatic rings. The van der Waals surface area contributed by atoms with Gasteiger partial charge in [0.25, 0.3) is 11.7 Å². The fraction of sp³-hybridized carbons (Fsp3) is 0.200. The Morgan fingerprint density at radius 3 is 2.37 bits per heavy atom. The number of aliphatic hydroxyl groups is 1. The van der Waals surface area contributed by atoms with Crippen LogP contribution in [-0.4, -0.2) is 16.8 Å². The van der Waals surface area contributed by atoms with Crippen molar-refractivity contribution in [2.75, 3.05) is 4.90 Å². The summed E-state index contributed by atoms with van der Waals surface area (Å²) in [5.41, 5.74) is 5.09. The second kappa shape index (κ2) is 7.34. The molecule has 3 aromatic rings. The van der Waals surface area contributed by atoms with Crippen LogP contribution < -0.4 is 4.90 Å². The van der Waals surface area contributed by atoms with E-state index in [2.05, 4.69) is 0 Å². The first-order valence-electron chi connectivity index (χ1n) is 9.79. The SMILES string of the molecule is Cc1ccc(/C(O)=C2/C(=O)C(=O)N(c3cccc(C)c3C)C2c2ccco2)cc1C. The number of rotatable bonds is 3. The van der Waals surface area contributed by atoms with Gasteiger partial charge in [-0.15, -0.1) is 0 Å². The molecular formula is C25H23NO4. The Morgan fingerprint density at radius 1 is 0.933 bits per heavy atom. The summed E-state index contributed by atoms with van der Waals surface area (Å²) in [7, 11) is 0. The fourth-order valence-electron chi connectivity index (χ4n) is 3.84. The highest BCUT2D eigenvalue weighted by molar-refractivity contribution is 6.51. The van der Waals surface area contributed by atoms with E-state index in [1.54, 1.807) is 24.3 Å². The van der Waals surface area contributed by atoms with Gasteiger partial charge in [0.2, 0.25) is 0 Å². The highest BCUT2D eigenvalue weighted by Crippen LogP contribution is 2.43. The van der Waals surface area contributed by atoms with Crippen LogP contribution in [-0.2, 0) is 9.59 Å². The number of aryl methyl sites for hydroxylation is 3. The molecule has 0 spiro atoms. The Morgan fingerprint density at radius 2 is 1.70 bits per heavy atom. The zero-order valence-electron chi connectivity index (χ0n) is 17.4. The summed E-state index contributed by atoms with van der Waals surface area (Å²) in [6.07, 6.45) is 1.49. The van der Waals surface area contributed by atoms with Gasteiger partial charge in [0, 0.05) is 11.3 Å². The number of nitrogens with zero attached hydrogens (tertiary/aromatic N) is 1. The zero-order valence-corrected chi connectivity index (χ0v) is 17.4. The van der Waals surface area contributed by atoms with Crippen molar-refractivity contribution in [3.05, 3.63) is 93.9 Å². The van der Waals surface area contributed by atoms with Gasteiger partial charge in [-0.3, -0.25) is 14.5 Å². The molecule has 1 amide bonds. The third-order valence-electron chi connectivity index (χ3n) is 5.87. The highest BCUT2D eigenvalue weighted by atomic mass is 16.3. The Kier molecular flexibility index (Phi) is 4.82. The van der Waals surface area contributed by atoms with Gasteiger partial charge in [-0.25, -0.2) is 0 Å². The number of anilines is 1. The van der Waals surface area contributed by atoms with E-state index in [1.807, 2.05) is 52.0 Å². The second-order valence-electron chi connectivity index (χ2n) is 7.70. The van der Waals surface area contributed by atoms with Crippen LogP contribution in [0.5, 0.6) is 0 Å². The Hall–Kier alpha value is -3.60. The largest absolute Gasteiger partial charge is 0.507 e. The molecule has 1 fully saturated rings. The van der Waals surface area contributed by atoms with Crippen molar-refractivity contribution in [3.63, 3.8) is 0 Å². The Labute approximate surface area is 175 Å². The quantitative estimate of drug-likeness (QED) is 0.375. The molecule has 0 aliphatic carbocycles. The molecule has 1 saturated heterocycles. The van der Waals surface area contributed by atoms with Gasteiger partial charge < -0.3 is 9.52 Å². The van der Waals surface area contributed by atoms with E-state index in [4.69, 9.17) is 4.42 Å². The molecule has 1 aromatic heterocycles. The van der Waals surface area contributed by atoms with E-state index < -0.39 is 17.7 Å². The van der Waals surface area contributed by atoms with Crippen molar-refractivity contribution < 1.29 is 19.1 Å². The van der Waals surface area contributed by atoms with E-state index in [0.717, 1.165) is 22.3 Å². The molecule has 5 heteroatoms. The van der Waals surface area contributed by atoms with Crippen molar-refractivity contribution in [2.45, 2.75) is 33.7 Å². The first kappa shape index (κ1) is 19.7. The van der Waals surface area contributed by atoms with Crippen molar-refractivity contribution >= 4 is 23.1 Å². The van der Waals surface area contributed by atoms with E-state index in [1.165, 1.54) is 11.2 Å². The summed E-state index contributed by atoms with van der Waals surface area (Å²) in [4.78, 5) is 27.7. The summed E-state index contributed by atoms with van der Waals surface area (Å²) in [5, 5.41) is 11.1. The lowest BCUT2D eigenvalue weighted by Gasteiger charge is -2.25. The number of furan rings is 1. The molecule has 152 valence electrons. The molecule has 0 radical (unpaired) electrons. The lowest BCUT2D eigenvalue weighted by molar-refractivity contribution is -0.132.